The molecule has 7 nitrogen and oxygen atoms in total. The number of aliphatic hydroxyl groups excluding tert-OH is 1. The highest BCUT2D eigenvalue weighted by Gasteiger charge is 2.18. The van der Waals surface area contributed by atoms with E-state index in [1.165, 1.54) is 33.7 Å². The van der Waals surface area contributed by atoms with Crippen LogP contribution >= 0.6 is 0 Å². The van der Waals surface area contributed by atoms with E-state index in [4.69, 9.17) is 0 Å². The number of anilines is 1. The van der Waals surface area contributed by atoms with Crippen molar-refractivity contribution < 1.29 is 14.3 Å². The van der Waals surface area contributed by atoms with Gasteiger partial charge in [-0.1, -0.05) is 24.8 Å². The van der Waals surface area contributed by atoms with Crippen molar-refractivity contribution in [2.75, 3.05) is 25.2 Å². The van der Waals surface area contributed by atoms with E-state index in [1.54, 1.807) is 13.1 Å². The number of benzene rings is 2. The van der Waals surface area contributed by atoms with Gasteiger partial charge in [0.1, 0.15) is 12.4 Å². The molecule has 0 bridgehead atoms. The van der Waals surface area contributed by atoms with Gasteiger partial charge in [-0.15, -0.1) is 0 Å². The zero-order valence-electron chi connectivity index (χ0n) is 19.2. The Balaban J connectivity index is 2.26. The number of amidine groups is 1. The van der Waals surface area contributed by atoms with E-state index in [9.17, 15) is 14.7 Å². The molecule has 8 heteroatoms. The fourth-order valence-electron chi connectivity index (χ4n) is 3.67. The maximum atomic E-state index is 15.2. The summed E-state index contributed by atoms with van der Waals surface area (Å²) in [5.41, 5.74) is 2.75. The van der Waals surface area contributed by atoms with Crippen LogP contribution in [0.15, 0.2) is 59.1 Å². The summed E-state index contributed by atoms with van der Waals surface area (Å²) in [4.78, 5) is 25.8. The molecular weight excluding hydrogens is 423 g/mol. The van der Waals surface area contributed by atoms with Crippen molar-refractivity contribution >= 4 is 34.3 Å². The fourth-order valence-corrected chi connectivity index (χ4v) is 3.67. The zero-order valence-corrected chi connectivity index (χ0v) is 19.2. The number of fused-ring (bicyclic) bond motifs is 1. The first-order valence-electron chi connectivity index (χ1n) is 10.5. The summed E-state index contributed by atoms with van der Waals surface area (Å²) in [6, 6.07) is 10.2. The Morgan fingerprint density at radius 3 is 2.55 bits per heavy atom. The van der Waals surface area contributed by atoms with Crippen molar-refractivity contribution in [1.29, 1.82) is 0 Å². The number of aliphatic hydroxyl groups is 1. The molecule has 0 saturated heterocycles. The smallest absolute Gasteiger partial charge is 0.263 e. The molecule has 1 N–H and O–H groups in total. The summed E-state index contributed by atoms with van der Waals surface area (Å²) in [7, 11) is 1.51. The second-order valence-corrected chi connectivity index (χ2v) is 7.72. The normalized spacial score (nSPS) is 11.5. The molecule has 0 spiro atoms. The van der Waals surface area contributed by atoms with E-state index in [0.717, 1.165) is 5.56 Å². The van der Waals surface area contributed by atoms with E-state index in [1.807, 2.05) is 38.1 Å². The number of hydrogen-bond acceptors (Lipinski definition) is 5. The summed E-state index contributed by atoms with van der Waals surface area (Å²) in [5, 5.41) is 15.8. The number of rotatable bonds is 7. The number of likely N-dealkylation sites (N-methyl/N-ethyl adjacent to an activating group) is 1. The molecule has 0 aliphatic heterocycles. The number of hydrogen-bond donors (Lipinski definition) is 1. The fraction of sp³-hybridized carbons (Fsp3) is 0.240. The molecule has 1 amide bonds. The van der Waals surface area contributed by atoms with Gasteiger partial charge in [0.2, 0.25) is 6.41 Å². The van der Waals surface area contributed by atoms with Crippen LogP contribution in [0.5, 0.6) is 0 Å². The van der Waals surface area contributed by atoms with E-state index in [0.29, 0.717) is 35.2 Å². The van der Waals surface area contributed by atoms with Crippen LogP contribution in [0.4, 0.5) is 10.1 Å². The lowest BCUT2D eigenvalue weighted by Crippen LogP contribution is -2.34. The molecule has 0 saturated carbocycles. The maximum Gasteiger partial charge on any atom is 0.263 e. The van der Waals surface area contributed by atoms with Crippen LogP contribution in [-0.2, 0) is 4.79 Å². The highest BCUT2D eigenvalue weighted by atomic mass is 19.1. The minimum atomic E-state index is -0.660. The van der Waals surface area contributed by atoms with Gasteiger partial charge in [-0.3, -0.25) is 24.1 Å². The number of pyridine rings is 1. The highest BCUT2D eigenvalue weighted by molar-refractivity contribution is 5.96. The molecule has 0 unspecified atom stereocenters. The number of amides is 1. The van der Waals surface area contributed by atoms with E-state index >= 15 is 4.39 Å². The Morgan fingerprint density at radius 2 is 1.97 bits per heavy atom. The quantitative estimate of drug-likeness (QED) is 0.258. The molecule has 3 rings (SSSR count). The van der Waals surface area contributed by atoms with Crippen LogP contribution in [0.3, 0.4) is 0 Å². The predicted octanol–water partition coefficient (Wildman–Crippen LogP) is 3.69. The summed E-state index contributed by atoms with van der Waals surface area (Å²) >= 11 is 0. The molecule has 0 aliphatic carbocycles. The van der Waals surface area contributed by atoms with E-state index in [-0.39, 0.29) is 22.5 Å². The summed E-state index contributed by atoms with van der Waals surface area (Å²) in [6.07, 6.45) is 2.26. The lowest BCUT2D eigenvalue weighted by Gasteiger charge is -2.21. The Morgan fingerprint density at radius 1 is 1.27 bits per heavy atom. The van der Waals surface area contributed by atoms with Crippen LogP contribution in [0.2, 0.25) is 0 Å². The SMILES string of the molecule is C=C(C)c1cn(-c2ccccc2C)c(=O)c2cc(F)c(N(C)/N=C(/CO)N(C=O)CC)cc12. The van der Waals surface area contributed by atoms with Gasteiger partial charge in [-0.05, 0) is 55.5 Å². The maximum absolute atomic E-state index is 15.2. The molecular formula is C25H27FN4O3. The van der Waals surface area contributed by atoms with E-state index in [2.05, 4.69) is 11.7 Å². The monoisotopic (exact) mass is 450 g/mol. The predicted molar refractivity (Wildman–Crippen MR) is 130 cm³/mol. The van der Waals surface area contributed by atoms with Gasteiger partial charge in [-0.2, -0.15) is 5.10 Å². The molecule has 0 aliphatic rings. The molecule has 2 aromatic carbocycles. The lowest BCUT2D eigenvalue weighted by molar-refractivity contribution is -0.114. The average Bonchev–Trinajstić information content (AvgIpc) is 2.79. The molecule has 3 aromatic rings. The Bertz CT molecular complexity index is 1310. The van der Waals surface area contributed by atoms with Crippen molar-refractivity contribution in [3.05, 3.63) is 76.5 Å². The minimum absolute atomic E-state index is 0.0737. The second kappa shape index (κ2) is 9.79. The Kier molecular flexibility index (Phi) is 7.08. The summed E-state index contributed by atoms with van der Waals surface area (Å²) in [5.74, 6) is -0.586. The van der Waals surface area contributed by atoms with Crippen molar-refractivity contribution in [2.45, 2.75) is 20.8 Å². The average molecular weight is 451 g/mol. The van der Waals surface area contributed by atoms with Crippen molar-refractivity contribution in [2.24, 2.45) is 5.10 Å². The zero-order chi connectivity index (χ0) is 24.3. The van der Waals surface area contributed by atoms with Crippen molar-refractivity contribution in [1.82, 2.24) is 9.47 Å². The van der Waals surface area contributed by atoms with Gasteiger partial charge in [-0.25, -0.2) is 4.39 Å². The molecule has 33 heavy (non-hydrogen) atoms. The number of halogens is 1. The van der Waals surface area contributed by atoms with Gasteiger partial charge in [0.15, 0.2) is 5.84 Å². The largest absolute Gasteiger partial charge is 0.388 e. The lowest BCUT2D eigenvalue weighted by atomic mass is 10.0. The number of allylic oxidation sites excluding steroid dienone is 1. The standard InChI is InChI=1S/C25H27FN4O3/c1-6-29(15-32)24(14-31)27-28(5)23-12-18-19(11-21(23)26)25(33)30(13-20(18)16(2)3)22-10-8-7-9-17(22)4/h7-13,15,31H,2,6,14H2,1,3-5H3/b27-24-. The number of para-hydroxylation sites is 1. The third kappa shape index (κ3) is 4.56. The topological polar surface area (TPSA) is 78.1 Å². The Labute approximate surface area is 191 Å². The van der Waals surface area contributed by atoms with Crippen LogP contribution in [-0.4, -0.2) is 47.0 Å². The third-order valence-corrected chi connectivity index (χ3v) is 5.47. The summed E-state index contributed by atoms with van der Waals surface area (Å²) < 4.78 is 16.7. The van der Waals surface area contributed by atoms with Crippen LogP contribution < -0.4 is 10.6 Å². The summed E-state index contributed by atoms with van der Waals surface area (Å²) in [6.45, 7) is 9.30. The number of carbonyl (C=O) groups is 1. The first-order chi connectivity index (χ1) is 15.7. The molecule has 1 aromatic heterocycles. The molecule has 172 valence electrons. The minimum Gasteiger partial charge on any atom is -0.388 e. The Hall–Kier alpha value is -3.78. The number of carbonyl (C=O) groups excluding carboxylic acids is 1. The van der Waals surface area contributed by atoms with Gasteiger partial charge in [0.25, 0.3) is 5.56 Å². The second-order valence-electron chi connectivity index (χ2n) is 7.72. The van der Waals surface area contributed by atoms with Crippen molar-refractivity contribution in [3.8, 4) is 5.69 Å². The number of hydrazone groups is 1. The molecule has 0 atom stereocenters. The highest BCUT2D eigenvalue weighted by Crippen LogP contribution is 2.30. The number of aryl methyl sites for hydroxylation is 1. The number of nitrogens with zero attached hydrogens (tertiary/aromatic N) is 4. The van der Waals surface area contributed by atoms with Crippen LogP contribution in [0, 0.1) is 12.7 Å². The van der Waals surface area contributed by atoms with Gasteiger partial charge >= 0.3 is 0 Å². The van der Waals surface area contributed by atoms with E-state index < -0.39 is 12.4 Å². The molecule has 0 fully saturated rings. The van der Waals surface area contributed by atoms with Gasteiger partial charge in [0, 0.05) is 25.4 Å². The molecule has 1 heterocycles. The van der Waals surface area contributed by atoms with Gasteiger partial charge in [0.05, 0.1) is 16.8 Å². The van der Waals surface area contributed by atoms with Crippen LogP contribution in [0.1, 0.15) is 25.0 Å². The first kappa shape index (κ1) is 23.9. The van der Waals surface area contributed by atoms with Crippen molar-refractivity contribution in [3.63, 3.8) is 0 Å². The number of aromatic nitrogens is 1. The van der Waals surface area contributed by atoms with Crippen LogP contribution in [0.25, 0.3) is 22.0 Å². The first-order valence-corrected chi connectivity index (χ1v) is 10.5. The third-order valence-electron chi connectivity index (χ3n) is 5.47. The molecule has 0 radical (unpaired) electrons. The van der Waals surface area contributed by atoms with Gasteiger partial charge < -0.3 is 5.11 Å².